The highest BCUT2D eigenvalue weighted by molar-refractivity contribution is 9.12. The average molecular weight is 278 g/mol. The van der Waals surface area contributed by atoms with Gasteiger partial charge in [-0.05, 0) is 22.5 Å². The van der Waals surface area contributed by atoms with Gasteiger partial charge in [-0.1, -0.05) is 18.3 Å². The van der Waals surface area contributed by atoms with Crippen LogP contribution in [0.2, 0.25) is 0 Å². The smallest absolute Gasteiger partial charge is 0.0106 e. The van der Waals surface area contributed by atoms with Gasteiger partial charge < -0.3 is 0 Å². The number of halogens is 2. The van der Waals surface area contributed by atoms with Gasteiger partial charge >= 0.3 is 0 Å². The molecule has 0 amide bonds. The second-order valence-corrected chi connectivity index (χ2v) is 2.90. The van der Waals surface area contributed by atoms with Gasteiger partial charge in [-0.2, -0.15) is 0 Å². The highest BCUT2D eigenvalue weighted by atomic mass is 79.9. The van der Waals surface area contributed by atoms with Crippen molar-refractivity contribution in [1.29, 1.82) is 0 Å². The molecule has 0 radical (unpaired) electrons. The van der Waals surface area contributed by atoms with E-state index in [4.69, 9.17) is 0 Å². The Balaban J connectivity index is 2.98. The summed E-state index contributed by atoms with van der Waals surface area (Å²) in [6.07, 6.45) is 5.58. The molecule has 0 bridgehead atoms. The van der Waals surface area contributed by atoms with E-state index in [0.717, 1.165) is 12.8 Å². The molecule has 0 fully saturated rings. The van der Waals surface area contributed by atoms with Crippen molar-refractivity contribution < 1.29 is 0 Å². The van der Waals surface area contributed by atoms with Gasteiger partial charge in [0.05, 0.1) is 0 Å². The van der Waals surface area contributed by atoms with Gasteiger partial charge in [-0.25, -0.2) is 0 Å². The van der Waals surface area contributed by atoms with Crippen molar-refractivity contribution >= 4 is 31.9 Å². The largest absolute Gasteiger partial charge is 0.0908 e. The van der Waals surface area contributed by atoms with Crippen LogP contribution in [0.3, 0.4) is 0 Å². The monoisotopic (exact) mass is 276 g/mol. The van der Waals surface area contributed by atoms with Crippen LogP contribution in [-0.4, -0.2) is 0 Å². The maximum atomic E-state index is 3.05. The molecule has 0 spiro atoms. The van der Waals surface area contributed by atoms with Crippen LogP contribution in [0, 0.1) is 21.5 Å². The molecule has 0 aromatic heterocycles. The molecule has 0 aliphatic heterocycles. The van der Waals surface area contributed by atoms with E-state index in [1.165, 1.54) is 19.3 Å². The molecule has 0 aliphatic carbocycles. The van der Waals surface area contributed by atoms with E-state index in [2.05, 4.69) is 53.4 Å². The lowest BCUT2D eigenvalue weighted by Crippen LogP contribution is -1.74. The molecular weight excluding hydrogens is 268 g/mol. The Morgan fingerprint density at radius 3 is 1.55 bits per heavy atom. The minimum absolute atomic E-state index is 0.993. The van der Waals surface area contributed by atoms with Crippen molar-refractivity contribution in [3.8, 4) is 21.5 Å². The van der Waals surface area contributed by atoms with E-state index in [1.807, 2.05) is 0 Å². The van der Waals surface area contributed by atoms with E-state index in [0.29, 0.717) is 0 Å². The zero-order chi connectivity index (χ0) is 8.36. The van der Waals surface area contributed by atoms with Crippen molar-refractivity contribution in [2.24, 2.45) is 0 Å². The summed E-state index contributed by atoms with van der Waals surface area (Å²) in [5.74, 6) is 5.92. The summed E-state index contributed by atoms with van der Waals surface area (Å²) in [5, 5.41) is 0. The molecule has 0 aromatic rings. The maximum absolute atomic E-state index is 3.05. The van der Waals surface area contributed by atoms with E-state index in [1.54, 1.807) is 0 Å². The van der Waals surface area contributed by atoms with Gasteiger partial charge in [0.2, 0.25) is 0 Å². The molecule has 0 unspecified atom stereocenters. The van der Waals surface area contributed by atoms with Crippen molar-refractivity contribution in [1.82, 2.24) is 0 Å². The highest BCUT2D eigenvalue weighted by Crippen LogP contribution is 2.01. The standard InChI is InChI=1S/C9H10Br2/c10-8-6-4-2-1-3-5-7-9-11/h1-5H2. The summed E-state index contributed by atoms with van der Waals surface area (Å²) in [5.41, 5.74) is 0. The first-order chi connectivity index (χ1) is 5.41. The first-order valence-corrected chi connectivity index (χ1v) is 5.17. The predicted octanol–water partition coefficient (Wildman–Crippen LogP) is 3.65. The Labute approximate surface area is 85.4 Å². The van der Waals surface area contributed by atoms with E-state index < -0.39 is 0 Å². The van der Waals surface area contributed by atoms with Gasteiger partial charge in [0, 0.05) is 44.7 Å². The van der Waals surface area contributed by atoms with E-state index in [9.17, 15) is 0 Å². The quantitative estimate of drug-likeness (QED) is 0.544. The third kappa shape index (κ3) is 10.1. The van der Waals surface area contributed by atoms with Crippen LogP contribution < -0.4 is 0 Å². The van der Waals surface area contributed by atoms with Crippen molar-refractivity contribution in [3.63, 3.8) is 0 Å². The minimum Gasteiger partial charge on any atom is -0.0908 e. The second-order valence-electron chi connectivity index (χ2n) is 2.10. The van der Waals surface area contributed by atoms with Crippen LogP contribution in [0.4, 0.5) is 0 Å². The summed E-state index contributed by atoms with van der Waals surface area (Å²) in [6, 6.07) is 0. The van der Waals surface area contributed by atoms with Crippen LogP contribution >= 0.6 is 31.9 Å². The first-order valence-electron chi connectivity index (χ1n) is 3.59. The fourth-order valence-electron chi connectivity index (χ4n) is 0.698. The molecule has 0 atom stereocenters. The van der Waals surface area contributed by atoms with Crippen molar-refractivity contribution in [3.05, 3.63) is 0 Å². The Hall–Kier alpha value is 0.0800. The number of hydrogen-bond acceptors (Lipinski definition) is 0. The number of rotatable bonds is 4. The third-order valence-corrected chi connectivity index (χ3v) is 1.80. The lowest BCUT2D eigenvalue weighted by atomic mass is 10.1. The average Bonchev–Trinajstić information content (AvgIpc) is 2.03. The summed E-state index contributed by atoms with van der Waals surface area (Å²) >= 11 is 6.11. The summed E-state index contributed by atoms with van der Waals surface area (Å²) in [6.45, 7) is 0. The van der Waals surface area contributed by atoms with Gasteiger partial charge in [-0.3, -0.25) is 0 Å². The van der Waals surface area contributed by atoms with Crippen LogP contribution in [0.5, 0.6) is 0 Å². The summed E-state index contributed by atoms with van der Waals surface area (Å²) in [7, 11) is 0. The lowest BCUT2D eigenvalue weighted by molar-refractivity contribution is 0.709. The van der Waals surface area contributed by atoms with Crippen LogP contribution in [-0.2, 0) is 0 Å². The summed E-state index contributed by atoms with van der Waals surface area (Å²) < 4.78 is 0. The van der Waals surface area contributed by atoms with Crippen LogP contribution in [0.25, 0.3) is 0 Å². The fourth-order valence-corrected chi connectivity index (χ4v) is 1.09. The van der Waals surface area contributed by atoms with E-state index >= 15 is 0 Å². The Bertz CT molecular complexity index is 165. The van der Waals surface area contributed by atoms with Gasteiger partial charge in [-0.15, -0.1) is 0 Å². The molecule has 60 valence electrons. The molecular formula is C9H10Br2. The Morgan fingerprint density at radius 2 is 1.18 bits per heavy atom. The molecule has 0 nitrogen and oxygen atoms in total. The predicted molar refractivity (Wildman–Crippen MR) is 56.5 cm³/mol. The normalized spacial score (nSPS) is 7.45. The van der Waals surface area contributed by atoms with E-state index in [-0.39, 0.29) is 0 Å². The Kier molecular flexibility index (Phi) is 10.2. The Morgan fingerprint density at radius 1 is 0.727 bits per heavy atom. The minimum atomic E-state index is 0.993. The van der Waals surface area contributed by atoms with Crippen LogP contribution in [0.15, 0.2) is 0 Å². The first kappa shape index (κ1) is 11.1. The zero-order valence-corrected chi connectivity index (χ0v) is 9.46. The van der Waals surface area contributed by atoms with Crippen molar-refractivity contribution in [2.45, 2.75) is 32.1 Å². The molecule has 0 saturated carbocycles. The maximum Gasteiger partial charge on any atom is 0.0106 e. The van der Waals surface area contributed by atoms with Gasteiger partial charge in [0.1, 0.15) is 0 Å². The molecule has 0 aliphatic rings. The summed E-state index contributed by atoms with van der Waals surface area (Å²) in [4.78, 5) is 5.39. The molecule has 0 heterocycles. The van der Waals surface area contributed by atoms with Crippen molar-refractivity contribution in [2.75, 3.05) is 0 Å². The van der Waals surface area contributed by atoms with Gasteiger partial charge in [0.25, 0.3) is 0 Å². The molecule has 0 rings (SSSR count). The highest BCUT2D eigenvalue weighted by Gasteiger charge is 1.84. The zero-order valence-electron chi connectivity index (χ0n) is 6.29. The molecule has 0 aromatic carbocycles. The second kappa shape index (κ2) is 10.1. The third-order valence-electron chi connectivity index (χ3n) is 1.24. The lowest BCUT2D eigenvalue weighted by Gasteiger charge is -1.90. The molecule has 0 N–H and O–H groups in total. The topological polar surface area (TPSA) is 0 Å². The fraction of sp³-hybridized carbons (Fsp3) is 0.556. The molecule has 2 heteroatoms. The van der Waals surface area contributed by atoms with Crippen LogP contribution in [0.1, 0.15) is 32.1 Å². The molecule has 11 heavy (non-hydrogen) atoms. The number of hydrogen-bond donors (Lipinski definition) is 0. The SMILES string of the molecule is BrC#CCCCCCC#CBr. The van der Waals surface area contributed by atoms with Gasteiger partial charge in [0.15, 0.2) is 0 Å². The number of unbranched alkanes of at least 4 members (excludes halogenated alkanes) is 4. The molecule has 0 saturated heterocycles.